The first kappa shape index (κ1) is 10.4. The van der Waals surface area contributed by atoms with Crippen molar-refractivity contribution in [2.75, 3.05) is 6.54 Å². The Morgan fingerprint density at radius 3 is 2.87 bits per heavy atom. The standard InChI is InChI=1S/C11H14FNO2/c12-7-1-4-11(15-8-2-3-8)9(5-7)10(14)6-13/h1,4-5,8,10,14H,2-3,6,13H2. The molecular formula is C11H14FNO2. The first-order valence-electron chi connectivity index (χ1n) is 5.05. The van der Waals surface area contributed by atoms with Gasteiger partial charge in [0.05, 0.1) is 12.2 Å². The zero-order valence-electron chi connectivity index (χ0n) is 8.32. The van der Waals surface area contributed by atoms with Crippen LogP contribution in [0.3, 0.4) is 0 Å². The largest absolute Gasteiger partial charge is 0.490 e. The number of nitrogens with two attached hydrogens (primary N) is 1. The van der Waals surface area contributed by atoms with E-state index < -0.39 is 6.10 Å². The Morgan fingerprint density at radius 2 is 2.27 bits per heavy atom. The Hall–Kier alpha value is -1.13. The predicted octanol–water partition coefficient (Wildman–Crippen LogP) is 1.36. The lowest BCUT2D eigenvalue weighted by Gasteiger charge is -2.14. The van der Waals surface area contributed by atoms with Crippen LogP contribution in [0, 0.1) is 5.82 Å². The van der Waals surface area contributed by atoms with Crippen molar-refractivity contribution in [2.45, 2.75) is 25.0 Å². The molecule has 0 heterocycles. The molecule has 0 aromatic heterocycles. The molecule has 1 saturated carbocycles. The SMILES string of the molecule is NCC(O)c1cc(F)ccc1OC1CC1. The first-order chi connectivity index (χ1) is 7.20. The normalized spacial score (nSPS) is 17.5. The van der Waals surface area contributed by atoms with Gasteiger partial charge in [-0.15, -0.1) is 0 Å². The summed E-state index contributed by atoms with van der Waals surface area (Å²) in [6.07, 6.45) is 1.40. The zero-order chi connectivity index (χ0) is 10.8. The highest BCUT2D eigenvalue weighted by Gasteiger charge is 2.25. The number of aliphatic hydroxyl groups excluding tert-OH is 1. The van der Waals surface area contributed by atoms with Gasteiger partial charge in [-0.25, -0.2) is 4.39 Å². The molecular weight excluding hydrogens is 197 g/mol. The number of halogens is 1. The topological polar surface area (TPSA) is 55.5 Å². The highest BCUT2D eigenvalue weighted by Crippen LogP contribution is 2.32. The van der Waals surface area contributed by atoms with E-state index in [0.29, 0.717) is 11.3 Å². The third-order valence-electron chi connectivity index (χ3n) is 2.37. The summed E-state index contributed by atoms with van der Waals surface area (Å²) in [5, 5.41) is 9.60. The van der Waals surface area contributed by atoms with Crippen molar-refractivity contribution in [3.05, 3.63) is 29.6 Å². The van der Waals surface area contributed by atoms with Gasteiger partial charge in [-0.3, -0.25) is 0 Å². The van der Waals surface area contributed by atoms with Gasteiger partial charge in [-0.05, 0) is 31.0 Å². The Morgan fingerprint density at radius 1 is 1.53 bits per heavy atom. The molecule has 3 nitrogen and oxygen atoms in total. The maximum absolute atomic E-state index is 13.0. The molecule has 4 heteroatoms. The Balaban J connectivity index is 2.25. The van der Waals surface area contributed by atoms with Crippen LogP contribution in [-0.4, -0.2) is 17.8 Å². The molecule has 1 aliphatic rings. The Bertz CT molecular complexity index is 352. The van der Waals surface area contributed by atoms with Gasteiger partial charge < -0.3 is 15.6 Å². The average molecular weight is 211 g/mol. The van der Waals surface area contributed by atoms with Crippen LogP contribution >= 0.6 is 0 Å². The minimum atomic E-state index is -0.866. The summed E-state index contributed by atoms with van der Waals surface area (Å²) in [6, 6.07) is 4.14. The molecule has 3 N–H and O–H groups in total. The van der Waals surface area contributed by atoms with Crippen molar-refractivity contribution >= 4 is 0 Å². The van der Waals surface area contributed by atoms with E-state index in [1.54, 1.807) is 6.07 Å². The van der Waals surface area contributed by atoms with E-state index in [9.17, 15) is 9.50 Å². The fourth-order valence-electron chi connectivity index (χ4n) is 1.38. The lowest BCUT2D eigenvalue weighted by Crippen LogP contribution is -2.13. The molecule has 1 unspecified atom stereocenters. The first-order valence-corrected chi connectivity index (χ1v) is 5.05. The molecule has 1 fully saturated rings. The average Bonchev–Trinajstić information content (AvgIpc) is 3.03. The van der Waals surface area contributed by atoms with Gasteiger partial charge in [0.25, 0.3) is 0 Å². The second kappa shape index (κ2) is 4.16. The minimum absolute atomic E-state index is 0.0600. The van der Waals surface area contributed by atoms with E-state index in [0.717, 1.165) is 12.8 Å². The maximum Gasteiger partial charge on any atom is 0.125 e. The lowest BCUT2D eigenvalue weighted by atomic mass is 10.1. The van der Waals surface area contributed by atoms with Crippen LogP contribution < -0.4 is 10.5 Å². The summed E-state index contributed by atoms with van der Waals surface area (Å²) in [7, 11) is 0. The monoisotopic (exact) mass is 211 g/mol. The van der Waals surface area contributed by atoms with Crippen LogP contribution in [0.2, 0.25) is 0 Å². The molecule has 0 spiro atoms. The Kier molecular flexibility index (Phi) is 2.88. The number of aliphatic hydroxyl groups is 1. The summed E-state index contributed by atoms with van der Waals surface area (Å²) in [5.41, 5.74) is 5.78. The molecule has 1 aromatic carbocycles. The molecule has 82 valence electrons. The molecule has 1 atom stereocenters. The van der Waals surface area contributed by atoms with Crippen LogP contribution in [0.1, 0.15) is 24.5 Å². The fraction of sp³-hybridized carbons (Fsp3) is 0.455. The van der Waals surface area contributed by atoms with Crippen LogP contribution in [0.15, 0.2) is 18.2 Å². The van der Waals surface area contributed by atoms with Crippen LogP contribution in [0.25, 0.3) is 0 Å². The van der Waals surface area contributed by atoms with Crippen molar-refractivity contribution in [3.63, 3.8) is 0 Å². The highest BCUT2D eigenvalue weighted by atomic mass is 19.1. The fourth-order valence-corrected chi connectivity index (χ4v) is 1.38. The van der Waals surface area contributed by atoms with Gasteiger partial charge in [-0.1, -0.05) is 0 Å². The van der Waals surface area contributed by atoms with E-state index in [1.165, 1.54) is 12.1 Å². The molecule has 0 bridgehead atoms. The lowest BCUT2D eigenvalue weighted by molar-refractivity contribution is 0.178. The van der Waals surface area contributed by atoms with Gasteiger partial charge in [0.1, 0.15) is 11.6 Å². The van der Waals surface area contributed by atoms with Crippen LogP contribution in [0.5, 0.6) is 5.75 Å². The van der Waals surface area contributed by atoms with E-state index in [-0.39, 0.29) is 18.5 Å². The maximum atomic E-state index is 13.0. The van der Waals surface area contributed by atoms with Crippen LogP contribution in [0.4, 0.5) is 4.39 Å². The smallest absolute Gasteiger partial charge is 0.125 e. The summed E-state index contributed by atoms with van der Waals surface area (Å²) in [6.45, 7) is 0.0600. The summed E-state index contributed by atoms with van der Waals surface area (Å²) < 4.78 is 18.5. The molecule has 2 rings (SSSR count). The van der Waals surface area contributed by atoms with Crippen molar-refractivity contribution in [1.29, 1.82) is 0 Å². The minimum Gasteiger partial charge on any atom is -0.490 e. The number of hydrogen-bond acceptors (Lipinski definition) is 3. The highest BCUT2D eigenvalue weighted by molar-refractivity contribution is 5.36. The second-order valence-electron chi connectivity index (χ2n) is 3.75. The number of hydrogen-bond donors (Lipinski definition) is 2. The molecule has 0 amide bonds. The van der Waals surface area contributed by atoms with Crippen LogP contribution in [-0.2, 0) is 0 Å². The van der Waals surface area contributed by atoms with Crippen molar-refractivity contribution < 1.29 is 14.2 Å². The van der Waals surface area contributed by atoms with E-state index >= 15 is 0 Å². The van der Waals surface area contributed by atoms with Gasteiger partial charge in [0, 0.05) is 12.1 Å². The van der Waals surface area contributed by atoms with Crippen molar-refractivity contribution in [3.8, 4) is 5.75 Å². The van der Waals surface area contributed by atoms with Gasteiger partial charge in [-0.2, -0.15) is 0 Å². The molecule has 0 saturated heterocycles. The third kappa shape index (κ3) is 2.46. The number of rotatable bonds is 4. The molecule has 0 radical (unpaired) electrons. The second-order valence-corrected chi connectivity index (χ2v) is 3.75. The molecule has 0 aliphatic heterocycles. The zero-order valence-corrected chi connectivity index (χ0v) is 8.32. The van der Waals surface area contributed by atoms with Gasteiger partial charge >= 0.3 is 0 Å². The van der Waals surface area contributed by atoms with Gasteiger partial charge in [0.15, 0.2) is 0 Å². The quantitative estimate of drug-likeness (QED) is 0.790. The van der Waals surface area contributed by atoms with E-state index in [1.807, 2.05) is 0 Å². The summed E-state index contributed by atoms with van der Waals surface area (Å²) in [4.78, 5) is 0. The van der Waals surface area contributed by atoms with Crippen molar-refractivity contribution in [1.82, 2.24) is 0 Å². The summed E-state index contributed by atoms with van der Waals surface area (Å²) in [5.74, 6) is 0.150. The number of benzene rings is 1. The molecule has 15 heavy (non-hydrogen) atoms. The van der Waals surface area contributed by atoms with E-state index in [2.05, 4.69) is 0 Å². The summed E-state index contributed by atoms with van der Waals surface area (Å²) >= 11 is 0. The Labute approximate surface area is 87.7 Å². The molecule has 1 aromatic rings. The molecule has 1 aliphatic carbocycles. The third-order valence-corrected chi connectivity index (χ3v) is 2.37. The van der Waals surface area contributed by atoms with Crippen molar-refractivity contribution in [2.24, 2.45) is 5.73 Å². The predicted molar refractivity (Wildman–Crippen MR) is 54.1 cm³/mol. The van der Waals surface area contributed by atoms with E-state index in [4.69, 9.17) is 10.5 Å². The van der Waals surface area contributed by atoms with Gasteiger partial charge in [0.2, 0.25) is 0 Å². The number of ether oxygens (including phenoxy) is 1.